The summed E-state index contributed by atoms with van der Waals surface area (Å²) in [5.41, 5.74) is 8.12. The summed E-state index contributed by atoms with van der Waals surface area (Å²) < 4.78 is 0. The number of benzene rings is 3. The van der Waals surface area contributed by atoms with Crippen molar-refractivity contribution in [1.82, 2.24) is 68.4 Å². The molecule has 0 radical (unpaired) electrons. The molecule has 5 rings (SSSR count). The minimum Gasteiger partial charge on any atom is -0.481 e. The lowest BCUT2D eigenvalue weighted by Gasteiger charge is -2.29. The number of hydrogen-bond acceptors (Lipinski definition) is 19. The zero-order valence-corrected chi connectivity index (χ0v) is 56.8. The molecule has 544 valence electrons. The normalized spacial score (nSPS) is 16.3. The van der Waals surface area contributed by atoms with E-state index in [1.165, 1.54) is 25.7 Å². The number of aromatic nitrogens is 1. The highest BCUT2D eigenvalue weighted by molar-refractivity contribution is 7.80. The number of aliphatic hydroxyl groups is 3. The van der Waals surface area contributed by atoms with Crippen LogP contribution >= 0.6 is 12.6 Å². The first-order chi connectivity index (χ1) is 47.4. The van der Waals surface area contributed by atoms with E-state index in [4.69, 9.17) is 5.73 Å². The zero-order valence-electron chi connectivity index (χ0n) is 55.9. The standard InChI is InChI=1S/C66H90N14O19S/c1-34(2)25-47(66(98)99)76-59(91)45(27-39-17-10-7-11-18-39)74-60(92)46(28-40-29-68-42-20-13-12-19-41(40)42)72-52(84)30-69-63(95)51-21-14-24-80(51)65(97)50(33-100)79-56(88)36(4)70-55(87)35(3)71-61(93)48(31-81)77-57(89)43(22-23-53(85)86)73-58(90)44(26-38-15-8-6-9-16-38)75-62(94)49(32-82)78-64(96)54(67)37(5)83/h6-13,15-20,29,34-37,43-51,54,68,81-83,100H,14,21-28,30-33,67H2,1-5H3,(H,69,95)(H,70,87)(H,71,93)(H,72,84)(H,73,90)(H,74,92)(H,75,94)(H,76,91)(H,77,89)(H,78,96)(H,79,88)(H,85,86)(H,98,99)/t35-,36-,37+,43-,44-,45-,46-,47-,48-,49-,50-,51-,54-/m0/s1. The minimum absolute atomic E-state index is 0.0447. The van der Waals surface area contributed by atoms with E-state index in [9.17, 15) is 92.7 Å². The van der Waals surface area contributed by atoms with Gasteiger partial charge in [-0.25, -0.2) is 4.79 Å². The summed E-state index contributed by atoms with van der Waals surface area (Å²) in [5.74, 6) is -14.4. The number of nitrogens with zero attached hydrogens (tertiary/aromatic N) is 1. The molecule has 0 unspecified atom stereocenters. The fraction of sp³-hybridized carbons (Fsp3) is 0.485. The van der Waals surface area contributed by atoms with Gasteiger partial charge in [-0.05, 0) is 75.1 Å². The number of para-hydroxylation sites is 1. The van der Waals surface area contributed by atoms with Crippen LogP contribution in [-0.4, -0.2) is 229 Å². The van der Waals surface area contributed by atoms with E-state index < -0.39 is 194 Å². The van der Waals surface area contributed by atoms with Crippen LogP contribution in [0.5, 0.6) is 0 Å². The molecule has 100 heavy (non-hydrogen) atoms. The second-order valence-corrected chi connectivity index (χ2v) is 24.9. The molecule has 1 saturated heterocycles. The van der Waals surface area contributed by atoms with Gasteiger partial charge in [0.15, 0.2) is 0 Å². The Balaban J connectivity index is 1.18. The molecule has 1 aromatic heterocycles. The van der Waals surface area contributed by atoms with Gasteiger partial charge in [0.1, 0.15) is 72.5 Å². The van der Waals surface area contributed by atoms with Crippen LogP contribution in [0.2, 0.25) is 0 Å². The third-order valence-corrected chi connectivity index (χ3v) is 16.6. The van der Waals surface area contributed by atoms with E-state index in [1.807, 2.05) is 6.07 Å². The number of aliphatic carboxylic acids is 2. The van der Waals surface area contributed by atoms with E-state index in [-0.39, 0.29) is 50.3 Å². The molecule has 0 aliphatic carbocycles. The van der Waals surface area contributed by atoms with Gasteiger partial charge in [-0.15, -0.1) is 0 Å². The van der Waals surface area contributed by atoms with Crippen LogP contribution < -0.4 is 64.2 Å². The highest BCUT2D eigenvalue weighted by atomic mass is 32.1. The Kier molecular flexibility index (Phi) is 31.9. The molecule has 2 heterocycles. The molecule has 34 heteroatoms. The highest BCUT2D eigenvalue weighted by Gasteiger charge is 2.40. The number of hydrogen-bond donors (Lipinski definition) is 19. The van der Waals surface area contributed by atoms with Crippen molar-refractivity contribution >= 4 is 106 Å². The predicted molar refractivity (Wildman–Crippen MR) is 362 cm³/mol. The monoisotopic (exact) mass is 1410 g/mol. The second-order valence-electron chi connectivity index (χ2n) is 24.6. The fourth-order valence-corrected chi connectivity index (χ4v) is 10.9. The maximum atomic E-state index is 14.4. The molecule has 0 spiro atoms. The topological polar surface area (TPSA) is 518 Å². The fourth-order valence-electron chi connectivity index (χ4n) is 10.6. The summed E-state index contributed by atoms with van der Waals surface area (Å²) in [5, 5.41) is 76.8. The molecule has 4 aromatic rings. The summed E-state index contributed by atoms with van der Waals surface area (Å²) in [6.45, 7) is 4.50. The van der Waals surface area contributed by atoms with Gasteiger partial charge in [0, 0.05) is 55.1 Å². The van der Waals surface area contributed by atoms with Gasteiger partial charge in [-0.3, -0.25) is 62.3 Å². The Morgan fingerprint density at radius 2 is 1.00 bits per heavy atom. The Labute approximate surface area is 581 Å². The average Bonchev–Trinajstić information content (AvgIpc) is 1.65. The lowest BCUT2D eigenvalue weighted by Crippen LogP contribution is -2.61. The molecule has 19 N–H and O–H groups in total. The van der Waals surface area contributed by atoms with Crippen LogP contribution in [-0.2, 0) is 86.4 Å². The number of carbonyl (C=O) groups excluding carboxylic acids is 12. The lowest BCUT2D eigenvalue weighted by molar-refractivity contribution is -0.143. The summed E-state index contributed by atoms with van der Waals surface area (Å²) in [4.78, 5) is 192. The maximum absolute atomic E-state index is 14.4. The molecular formula is C66H90N14O19S. The molecule has 33 nitrogen and oxygen atoms in total. The highest BCUT2D eigenvalue weighted by Crippen LogP contribution is 2.21. The van der Waals surface area contributed by atoms with E-state index in [1.54, 1.807) is 98.9 Å². The first-order valence-corrected chi connectivity index (χ1v) is 33.0. The average molecular weight is 1420 g/mol. The molecule has 0 bridgehead atoms. The number of aromatic amines is 1. The third kappa shape index (κ3) is 24.7. The van der Waals surface area contributed by atoms with Crippen molar-refractivity contribution in [2.75, 3.05) is 32.1 Å². The summed E-state index contributed by atoms with van der Waals surface area (Å²) in [6.07, 6.45) is -0.830. The summed E-state index contributed by atoms with van der Waals surface area (Å²) in [6, 6.07) is 6.27. The predicted octanol–water partition coefficient (Wildman–Crippen LogP) is -4.19. The maximum Gasteiger partial charge on any atom is 0.326 e. The van der Waals surface area contributed by atoms with Crippen LogP contribution in [0.1, 0.15) is 83.4 Å². The number of H-pyrrole nitrogens is 1. The van der Waals surface area contributed by atoms with Crippen LogP contribution in [0.4, 0.5) is 0 Å². The number of rotatable bonds is 39. The largest absolute Gasteiger partial charge is 0.481 e. The zero-order chi connectivity index (χ0) is 73.9. The Bertz CT molecular complexity index is 3530. The number of aliphatic hydroxyl groups excluding tert-OH is 3. The van der Waals surface area contributed by atoms with Crippen molar-refractivity contribution in [3.8, 4) is 0 Å². The molecule has 3 aromatic carbocycles. The number of amides is 12. The Morgan fingerprint density at radius 1 is 0.550 bits per heavy atom. The van der Waals surface area contributed by atoms with Crippen molar-refractivity contribution in [1.29, 1.82) is 0 Å². The van der Waals surface area contributed by atoms with Gasteiger partial charge in [-0.2, -0.15) is 12.6 Å². The van der Waals surface area contributed by atoms with Gasteiger partial charge >= 0.3 is 11.9 Å². The molecular weight excluding hydrogens is 1320 g/mol. The van der Waals surface area contributed by atoms with Crippen LogP contribution in [0, 0.1) is 5.92 Å². The van der Waals surface area contributed by atoms with Gasteiger partial charge in [0.05, 0.1) is 25.9 Å². The number of carboxylic acid groups (broad SMARTS) is 2. The molecule has 1 fully saturated rings. The summed E-state index contributed by atoms with van der Waals surface area (Å²) >= 11 is 4.27. The van der Waals surface area contributed by atoms with E-state index in [0.29, 0.717) is 23.1 Å². The minimum atomic E-state index is -1.85. The first kappa shape index (κ1) is 80.7. The number of nitrogens with one attached hydrogen (secondary N) is 12. The van der Waals surface area contributed by atoms with Gasteiger partial charge < -0.3 is 99.6 Å². The van der Waals surface area contributed by atoms with Crippen LogP contribution in [0.3, 0.4) is 0 Å². The molecule has 12 amide bonds. The summed E-state index contributed by atoms with van der Waals surface area (Å²) in [7, 11) is 0. The van der Waals surface area contributed by atoms with E-state index in [0.717, 1.165) is 10.9 Å². The number of nitrogens with two attached hydrogens (primary N) is 1. The molecule has 1 aliphatic heterocycles. The van der Waals surface area contributed by atoms with Crippen molar-refractivity contribution in [2.45, 2.75) is 165 Å². The Hall–Kier alpha value is -10.0. The van der Waals surface area contributed by atoms with Gasteiger partial charge in [0.2, 0.25) is 70.9 Å². The first-order valence-electron chi connectivity index (χ1n) is 32.4. The number of likely N-dealkylation sites (tertiary alicyclic amines) is 1. The number of thiol groups is 1. The van der Waals surface area contributed by atoms with E-state index >= 15 is 0 Å². The van der Waals surface area contributed by atoms with Crippen molar-refractivity contribution < 1.29 is 92.7 Å². The van der Waals surface area contributed by atoms with Crippen LogP contribution in [0.25, 0.3) is 10.9 Å². The smallest absolute Gasteiger partial charge is 0.326 e. The van der Waals surface area contributed by atoms with Gasteiger partial charge in [-0.1, -0.05) is 92.7 Å². The van der Waals surface area contributed by atoms with Crippen LogP contribution in [0.15, 0.2) is 91.1 Å². The Morgan fingerprint density at radius 3 is 1.52 bits per heavy atom. The van der Waals surface area contributed by atoms with Gasteiger partial charge in [0.25, 0.3) is 0 Å². The molecule has 0 saturated carbocycles. The second kappa shape index (κ2) is 39.5. The van der Waals surface area contributed by atoms with E-state index in [2.05, 4.69) is 76.1 Å². The number of carboxylic acids is 2. The number of carbonyl (C=O) groups is 14. The van der Waals surface area contributed by atoms with Crippen molar-refractivity contribution in [2.24, 2.45) is 11.7 Å². The lowest BCUT2D eigenvalue weighted by atomic mass is 10.0. The third-order valence-electron chi connectivity index (χ3n) is 16.2. The quantitative estimate of drug-likeness (QED) is 0.0188. The molecule has 13 atom stereocenters. The van der Waals surface area contributed by atoms with Crippen molar-refractivity contribution in [3.63, 3.8) is 0 Å². The molecule has 1 aliphatic rings. The number of fused-ring (bicyclic) bond motifs is 1. The van der Waals surface area contributed by atoms with Crippen molar-refractivity contribution in [3.05, 3.63) is 108 Å². The SMILES string of the molecule is CC(C)C[C@H](NC(=O)[C@H](Cc1ccccc1)NC(=O)[C@H](Cc1c[nH]c2ccccc12)NC(=O)CNC(=O)[C@@H]1CCCN1C(=O)[C@H](CS)NC(=O)[C@H](C)NC(=O)[C@H](C)NC(=O)[C@H](CO)NC(=O)[C@H](CCC(=O)O)NC(=O)[C@H](Cc1ccccc1)NC(=O)[C@H](CO)NC(=O)[C@@H](N)[C@@H](C)O)C(=O)O.